The first-order valence-electron chi connectivity index (χ1n) is 5.50. The van der Waals surface area contributed by atoms with Crippen LogP contribution in [0, 0.1) is 0 Å². The van der Waals surface area contributed by atoms with Crippen LogP contribution in [-0.4, -0.2) is 28.8 Å². The van der Waals surface area contributed by atoms with Crippen molar-refractivity contribution in [1.82, 2.24) is 5.32 Å². The molecule has 1 aromatic carbocycles. The summed E-state index contributed by atoms with van der Waals surface area (Å²) in [7, 11) is 0. The quantitative estimate of drug-likeness (QED) is 0.546. The Kier molecular flexibility index (Phi) is 7.00. The van der Waals surface area contributed by atoms with Crippen molar-refractivity contribution in [2.75, 3.05) is 23.9 Å². The van der Waals surface area contributed by atoms with Gasteiger partial charge in [-0.2, -0.15) is 11.8 Å². The van der Waals surface area contributed by atoms with E-state index in [9.17, 15) is 0 Å². The first kappa shape index (κ1) is 14.3. The fourth-order valence-electron chi connectivity index (χ4n) is 1.34. The molecule has 0 saturated carbocycles. The lowest BCUT2D eigenvalue weighted by molar-refractivity contribution is 0.282. The van der Waals surface area contributed by atoms with Gasteiger partial charge in [-0.05, 0) is 48.3 Å². The number of thiocarbonyl (C=S) groups is 1. The molecular weight excluding hydrogens is 252 g/mol. The normalized spacial score (nSPS) is 10.0. The van der Waals surface area contributed by atoms with Crippen LogP contribution < -0.4 is 10.6 Å². The van der Waals surface area contributed by atoms with Crippen molar-refractivity contribution in [2.45, 2.75) is 13.0 Å². The predicted molar refractivity (Wildman–Crippen MR) is 79.6 cm³/mol. The monoisotopic (exact) mass is 270 g/mol. The molecule has 94 valence electrons. The molecule has 1 rings (SSSR count). The molecule has 0 aliphatic rings. The first-order valence-corrected chi connectivity index (χ1v) is 7.30. The van der Waals surface area contributed by atoms with Crippen molar-refractivity contribution in [3.05, 3.63) is 29.8 Å². The van der Waals surface area contributed by atoms with Crippen molar-refractivity contribution in [2.24, 2.45) is 0 Å². The van der Waals surface area contributed by atoms with E-state index in [1.807, 2.05) is 36.0 Å². The van der Waals surface area contributed by atoms with Crippen LogP contribution in [0.1, 0.15) is 12.0 Å². The number of thioether (sulfide) groups is 1. The smallest absolute Gasteiger partial charge is 0.170 e. The average Bonchev–Trinajstić information content (AvgIpc) is 2.35. The highest BCUT2D eigenvalue weighted by molar-refractivity contribution is 7.98. The van der Waals surface area contributed by atoms with Crippen molar-refractivity contribution < 1.29 is 5.11 Å². The summed E-state index contributed by atoms with van der Waals surface area (Å²) < 4.78 is 0. The Balaban J connectivity index is 2.34. The summed E-state index contributed by atoms with van der Waals surface area (Å²) in [5.41, 5.74) is 1.78. The molecule has 0 radical (unpaired) electrons. The van der Waals surface area contributed by atoms with Crippen LogP contribution in [-0.2, 0) is 6.61 Å². The fourth-order valence-corrected chi connectivity index (χ4v) is 1.99. The van der Waals surface area contributed by atoms with Crippen LogP contribution in [0.3, 0.4) is 0 Å². The second-order valence-electron chi connectivity index (χ2n) is 3.59. The molecule has 0 aliphatic carbocycles. The molecule has 0 bridgehead atoms. The molecule has 0 aromatic heterocycles. The Hall–Kier alpha value is -0.780. The molecule has 1 aromatic rings. The Morgan fingerprint density at radius 3 is 3.00 bits per heavy atom. The van der Waals surface area contributed by atoms with E-state index >= 15 is 0 Å². The third kappa shape index (κ3) is 5.91. The SMILES string of the molecule is CSCCCNC(=S)Nc1cccc(CO)c1. The number of hydrogen-bond acceptors (Lipinski definition) is 3. The molecular formula is C12H18N2OS2. The maximum Gasteiger partial charge on any atom is 0.170 e. The van der Waals surface area contributed by atoms with E-state index in [0.717, 1.165) is 30.0 Å². The summed E-state index contributed by atoms with van der Waals surface area (Å²) in [6, 6.07) is 7.58. The lowest BCUT2D eigenvalue weighted by Crippen LogP contribution is -2.29. The lowest BCUT2D eigenvalue weighted by atomic mass is 10.2. The molecule has 0 spiro atoms. The number of aliphatic hydroxyl groups excluding tert-OH is 1. The third-order valence-electron chi connectivity index (χ3n) is 2.18. The van der Waals surface area contributed by atoms with Crippen molar-refractivity contribution in [1.29, 1.82) is 0 Å². The second kappa shape index (κ2) is 8.33. The number of nitrogens with one attached hydrogen (secondary N) is 2. The van der Waals surface area contributed by atoms with Crippen LogP contribution in [0.15, 0.2) is 24.3 Å². The van der Waals surface area contributed by atoms with Gasteiger partial charge in [0, 0.05) is 12.2 Å². The van der Waals surface area contributed by atoms with Crippen molar-refractivity contribution in [3.8, 4) is 0 Å². The minimum absolute atomic E-state index is 0.0451. The molecule has 17 heavy (non-hydrogen) atoms. The highest BCUT2D eigenvalue weighted by Gasteiger charge is 1.98. The van der Waals surface area contributed by atoms with Crippen molar-refractivity contribution in [3.63, 3.8) is 0 Å². The van der Waals surface area contributed by atoms with Gasteiger partial charge in [0.2, 0.25) is 0 Å². The van der Waals surface area contributed by atoms with Gasteiger partial charge in [0.1, 0.15) is 0 Å². The van der Waals surface area contributed by atoms with E-state index in [-0.39, 0.29) is 6.61 Å². The molecule has 0 aliphatic heterocycles. The van der Waals surface area contributed by atoms with E-state index in [4.69, 9.17) is 17.3 Å². The average molecular weight is 270 g/mol. The fraction of sp³-hybridized carbons (Fsp3) is 0.417. The minimum atomic E-state index is 0.0451. The van der Waals surface area contributed by atoms with E-state index in [1.54, 1.807) is 0 Å². The summed E-state index contributed by atoms with van der Waals surface area (Å²) >= 11 is 7.00. The van der Waals surface area contributed by atoms with E-state index in [2.05, 4.69) is 16.9 Å². The molecule has 0 atom stereocenters. The summed E-state index contributed by atoms with van der Waals surface area (Å²) in [5.74, 6) is 1.13. The summed E-state index contributed by atoms with van der Waals surface area (Å²) in [6.07, 6.45) is 3.19. The summed E-state index contributed by atoms with van der Waals surface area (Å²) in [4.78, 5) is 0. The molecule has 3 N–H and O–H groups in total. The number of anilines is 1. The third-order valence-corrected chi connectivity index (χ3v) is 3.12. The number of hydrogen-bond donors (Lipinski definition) is 3. The minimum Gasteiger partial charge on any atom is -0.392 e. The van der Waals surface area contributed by atoms with Gasteiger partial charge in [0.05, 0.1) is 6.61 Å². The molecule has 0 fully saturated rings. The predicted octanol–water partition coefficient (Wildman–Crippen LogP) is 2.22. The summed E-state index contributed by atoms with van der Waals surface area (Å²) in [6.45, 7) is 0.926. The Morgan fingerprint density at radius 2 is 2.29 bits per heavy atom. The van der Waals surface area contributed by atoms with Crippen LogP contribution in [0.2, 0.25) is 0 Å². The number of aliphatic hydroxyl groups is 1. The van der Waals surface area contributed by atoms with Gasteiger partial charge in [-0.1, -0.05) is 12.1 Å². The van der Waals surface area contributed by atoms with Gasteiger partial charge >= 0.3 is 0 Å². The maximum absolute atomic E-state index is 9.02. The molecule has 3 nitrogen and oxygen atoms in total. The largest absolute Gasteiger partial charge is 0.392 e. The highest BCUT2D eigenvalue weighted by Crippen LogP contribution is 2.10. The molecule has 0 amide bonds. The summed E-state index contributed by atoms with van der Waals surface area (Å²) in [5, 5.41) is 15.9. The van der Waals surface area contributed by atoms with Gasteiger partial charge in [-0.25, -0.2) is 0 Å². The standard InChI is InChI=1S/C12H18N2OS2/c1-17-7-3-6-13-12(16)14-11-5-2-4-10(8-11)9-15/h2,4-5,8,15H,3,6-7,9H2,1H3,(H2,13,14,16). The van der Waals surface area contributed by atoms with Gasteiger partial charge in [0.15, 0.2) is 5.11 Å². The van der Waals surface area contributed by atoms with Crippen LogP contribution in [0.25, 0.3) is 0 Å². The Labute approximate surface area is 112 Å². The van der Waals surface area contributed by atoms with E-state index < -0.39 is 0 Å². The zero-order valence-corrected chi connectivity index (χ0v) is 11.5. The van der Waals surface area contributed by atoms with Gasteiger partial charge < -0.3 is 15.7 Å². The van der Waals surface area contributed by atoms with Crippen LogP contribution in [0.4, 0.5) is 5.69 Å². The second-order valence-corrected chi connectivity index (χ2v) is 4.98. The van der Waals surface area contributed by atoms with Crippen LogP contribution >= 0.6 is 24.0 Å². The zero-order chi connectivity index (χ0) is 12.5. The van der Waals surface area contributed by atoms with E-state index in [1.165, 1.54) is 0 Å². The van der Waals surface area contributed by atoms with Crippen LogP contribution in [0.5, 0.6) is 0 Å². The van der Waals surface area contributed by atoms with Gasteiger partial charge in [0.25, 0.3) is 0 Å². The molecule has 0 unspecified atom stereocenters. The molecule has 0 saturated heterocycles. The van der Waals surface area contributed by atoms with Crippen molar-refractivity contribution >= 4 is 34.8 Å². The first-order chi connectivity index (χ1) is 8.26. The Morgan fingerprint density at radius 1 is 1.47 bits per heavy atom. The number of benzene rings is 1. The maximum atomic E-state index is 9.02. The van der Waals surface area contributed by atoms with E-state index in [0.29, 0.717) is 5.11 Å². The lowest BCUT2D eigenvalue weighted by Gasteiger charge is -2.10. The highest BCUT2D eigenvalue weighted by atomic mass is 32.2. The molecule has 5 heteroatoms. The zero-order valence-electron chi connectivity index (χ0n) is 9.90. The molecule has 0 heterocycles. The topological polar surface area (TPSA) is 44.3 Å². The number of rotatable bonds is 6. The Bertz CT molecular complexity index is 358. The van der Waals surface area contributed by atoms with Gasteiger partial charge in [-0.3, -0.25) is 0 Å². The van der Waals surface area contributed by atoms with Gasteiger partial charge in [-0.15, -0.1) is 0 Å².